The Hall–Kier alpha value is -1.05. The van der Waals surface area contributed by atoms with Gasteiger partial charge < -0.3 is 10.1 Å². The van der Waals surface area contributed by atoms with Crippen molar-refractivity contribution in [3.8, 4) is 6.07 Å². The normalized spacial score (nSPS) is 24.1. The van der Waals surface area contributed by atoms with Crippen molar-refractivity contribution in [3.05, 3.63) is 28.2 Å². The average Bonchev–Trinajstić information content (AvgIpc) is 2.32. The molecule has 1 N–H and O–H groups in total. The Morgan fingerprint density at radius 3 is 2.94 bits per heavy atom. The van der Waals surface area contributed by atoms with E-state index in [4.69, 9.17) is 10.00 Å². The predicted molar refractivity (Wildman–Crippen MR) is 70.9 cm³/mol. The zero-order chi connectivity index (χ0) is 12.3. The van der Waals surface area contributed by atoms with Gasteiger partial charge in [0, 0.05) is 16.8 Å². The second-order valence-corrected chi connectivity index (χ2v) is 5.50. The molecule has 1 aliphatic heterocycles. The molecule has 1 aromatic carbocycles. The fraction of sp³-hybridized carbons (Fsp3) is 0.462. The van der Waals surface area contributed by atoms with Crippen LogP contribution in [0.3, 0.4) is 0 Å². The van der Waals surface area contributed by atoms with Crippen molar-refractivity contribution in [1.82, 2.24) is 0 Å². The fourth-order valence-corrected chi connectivity index (χ4v) is 2.52. The molecule has 1 saturated heterocycles. The molecule has 0 aromatic heterocycles. The third kappa shape index (κ3) is 2.99. The highest BCUT2D eigenvalue weighted by atomic mass is 79.9. The van der Waals surface area contributed by atoms with Gasteiger partial charge in [-0.1, -0.05) is 0 Å². The Bertz CT molecular complexity index is 447. The van der Waals surface area contributed by atoms with Gasteiger partial charge in [-0.15, -0.1) is 0 Å². The summed E-state index contributed by atoms with van der Waals surface area (Å²) in [5.41, 5.74) is 1.65. The van der Waals surface area contributed by atoms with Gasteiger partial charge in [0.1, 0.15) is 0 Å². The smallest absolute Gasteiger partial charge is 0.0992 e. The molecule has 1 unspecified atom stereocenters. The number of nitriles is 1. The zero-order valence-electron chi connectivity index (χ0n) is 9.79. The van der Waals surface area contributed by atoms with Gasteiger partial charge in [-0.3, -0.25) is 0 Å². The van der Waals surface area contributed by atoms with Gasteiger partial charge in [0.15, 0.2) is 0 Å². The maximum Gasteiger partial charge on any atom is 0.0992 e. The van der Waals surface area contributed by atoms with Gasteiger partial charge in [0.2, 0.25) is 0 Å². The summed E-state index contributed by atoms with van der Waals surface area (Å²) in [7, 11) is 0. The molecule has 0 amide bonds. The van der Waals surface area contributed by atoms with Crippen molar-refractivity contribution >= 4 is 21.6 Å². The Morgan fingerprint density at radius 2 is 2.35 bits per heavy atom. The van der Waals surface area contributed by atoms with Crippen LogP contribution < -0.4 is 5.32 Å². The van der Waals surface area contributed by atoms with E-state index >= 15 is 0 Å². The van der Waals surface area contributed by atoms with Crippen molar-refractivity contribution in [2.75, 3.05) is 18.5 Å². The highest BCUT2D eigenvalue weighted by Gasteiger charge is 2.27. The van der Waals surface area contributed by atoms with E-state index in [0.717, 1.165) is 36.2 Å². The maximum atomic E-state index is 8.81. The summed E-state index contributed by atoms with van der Waals surface area (Å²) in [6.45, 7) is 3.74. The summed E-state index contributed by atoms with van der Waals surface area (Å²) >= 11 is 3.48. The van der Waals surface area contributed by atoms with E-state index < -0.39 is 0 Å². The van der Waals surface area contributed by atoms with E-state index in [2.05, 4.69) is 34.2 Å². The van der Waals surface area contributed by atoms with Crippen LogP contribution in [0.15, 0.2) is 22.7 Å². The summed E-state index contributed by atoms with van der Waals surface area (Å²) in [5, 5.41) is 12.3. The molecular formula is C13H15BrN2O. The first-order chi connectivity index (χ1) is 8.13. The average molecular weight is 295 g/mol. The lowest BCUT2D eigenvalue weighted by Gasteiger charge is -2.35. The molecule has 1 aliphatic rings. The fourth-order valence-electron chi connectivity index (χ4n) is 2.04. The molecular weight excluding hydrogens is 280 g/mol. The minimum absolute atomic E-state index is 0.0189. The van der Waals surface area contributed by atoms with Gasteiger partial charge in [-0.25, -0.2) is 0 Å². The maximum absolute atomic E-state index is 8.81. The summed E-state index contributed by atoms with van der Waals surface area (Å²) in [4.78, 5) is 0. The van der Waals surface area contributed by atoms with E-state index in [1.165, 1.54) is 0 Å². The minimum atomic E-state index is -0.0189. The highest BCUT2D eigenvalue weighted by Crippen LogP contribution is 2.29. The van der Waals surface area contributed by atoms with Gasteiger partial charge in [0.05, 0.1) is 23.8 Å². The van der Waals surface area contributed by atoms with Crippen LogP contribution in [-0.4, -0.2) is 18.8 Å². The molecule has 90 valence electrons. The van der Waals surface area contributed by atoms with E-state index in [1.807, 2.05) is 18.2 Å². The summed E-state index contributed by atoms with van der Waals surface area (Å²) in [5.74, 6) is 0. The first kappa shape index (κ1) is 12.4. The number of rotatable bonds is 2. The third-order valence-corrected chi connectivity index (χ3v) is 3.63. The van der Waals surface area contributed by atoms with E-state index in [0.29, 0.717) is 5.56 Å². The van der Waals surface area contributed by atoms with E-state index in [1.54, 1.807) is 0 Å². The van der Waals surface area contributed by atoms with Gasteiger partial charge in [-0.2, -0.15) is 5.26 Å². The van der Waals surface area contributed by atoms with Crippen LogP contribution in [-0.2, 0) is 4.74 Å². The number of halogens is 1. The molecule has 2 rings (SSSR count). The van der Waals surface area contributed by atoms with Crippen LogP contribution >= 0.6 is 15.9 Å². The molecule has 1 aromatic rings. The molecule has 1 atom stereocenters. The first-order valence-electron chi connectivity index (χ1n) is 5.69. The van der Waals surface area contributed by atoms with Crippen molar-refractivity contribution in [1.29, 1.82) is 5.26 Å². The van der Waals surface area contributed by atoms with Gasteiger partial charge in [-0.05, 0) is 53.9 Å². The van der Waals surface area contributed by atoms with Crippen molar-refractivity contribution in [3.63, 3.8) is 0 Å². The molecule has 0 saturated carbocycles. The van der Waals surface area contributed by atoms with E-state index in [9.17, 15) is 0 Å². The SMILES string of the molecule is CC1(Nc2ccc(C#N)cc2Br)CCCOC1. The largest absolute Gasteiger partial charge is 0.379 e. The Balaban J connectivity index is 2.15. The monoisotopic (exact) mass is 294 g/mol. The van der Waals surface area contributed by atoms with Crippen LogP contribution in [0.5, 0.6) is 0 Å². The summed E-state index contributed by atoms with van der Waals surface area (Å²) in [6.07, 6.45) is 2.18. The Kier molecular flexibility index (Phi) is 3.70. The molecule has 0 spiro atoms. The number of ether oxygens (including phenoxy) is 1. The molecule has 0 aliphatic carbocycles. The molecule has 4 heteroatoms. The van der Waals surface area contributed by atoms with Gasteiger partial charge in [0.25, 0.3) is 0 Å². The van der Waals surface area contributed by atoms with Crippen LogP contribution in [0.2, 0.25) is 0 Å². The number of anilines is 1. The first-order valence-corrected chi connectivity index (χ1v) is 6.48. The van der Waals surface area contributed by atoms with Crippen LogP contribution in [0, 0.1) is 11.3 Å². The lowest BCUT2D eigenvalue weighted by atomic mass is 9.94. The number of hydrogen-bond donors (Lipinski definition) is 1. The Labute approximate surface area is 110 Å². The predicted octanol–water partition coefficient (Wildman–Crippen LogP) is 3.30. The molecule has 3 nitrogen and oxygen atoms in total. The quantitative estimate of drug-likeness (QED) is 0.910. The Morgan fingerprint density at radius 1 is 1.53 bits per heavy atom. The summed E-state index contributed by atoms with van der Waals surface area (Å²) in [6, 6.07) is 7.71. The number of nitrogens with one attached hydrogen (secondary N) is 1. The highest BCUT2D eigenvalue weighted by molar-refractivity contribution is 9.10. The topological polar surface area (TPSA) is 45.0 Å². The standard InChI is InChI=1S/C13H15BrN2O/c1-13(5-2-6-17-9-13)16-12-4-3-10(8-15)7-11(12)14/h3-4,7,16H,2,5-6,9H2,1H3. The second kappa shape index (κ2) is 5.07. The molecule has 1 heterocycles. The second-order valence-electron chi connectivity index (χ2n) is 4.65. The number of nitrogens with zero attached hydrogens (tertiary/aromatic N) is 1. The number of benzene rings is 1. The van der Waals surface area contributed by atoms with Crippen molar-refractivity contribution < 1.29 is 4.74 Å². The number of hydrogen-bond acceptors (Lipinski definition) is 3. The minimum Gasteiger partial charge on any atom is -0.379 e. The van der Waals surface area contributed by atoms with Crippen LogP contribution in [0.1, 0.15) is 25.3 Å². The van der Waals surface area contributed by atoms with Gasteiger partial charge >= 0.3 is 0 Å². The summed E-state index contributed by atoms with van der Waals surface area (Å²) < 4.78 is 6.43. The van der Waals surface area contributed by atoms with Crippen LogP contribution in [0.4, 0.5) is 5.69 Å². The van der Waals surface area contributed by atoms with Crippen molar-refractivity contribution in [2.24, 2.45) is 0 Å². The zero-order valence-corrected chi connectivity index (χ0v) is 11.4. The van der Waals surface area contributed by atoms with E-state index in [-0.39, 0.29) is 5.54 Å². The van der Waals surface area contributed by atoms with Crippen LogP contribution in [0.25, 0.3) is 0 Å². The lowest BCUT2D eigenvalue weighted by molar-refractivity contribution is 0.0540. The lowest BCUT2D eigenvalue weighted by Crippen LogP contribution is -2.43. The molecule has 0 radical (unpaired) electrons. The van der Waals surface area contributed by atoms with Crippen molar-refractivity contribution in [2.45, 2.75) is 25.3 Å². The molecule has 0 bridgehead atoms. The molecule has 1 fully saturated rings. The molecule has 17 heavy (non-hydrogen) atoms. The third-order valence-electron chi connectivity index (χ3n) is 2.97.